The van der Waals surface area contributed by atoms with E-state index in [9.17, 15) is 0 Å². The molecule has 1 aromatic heterocycles. The molecule has 0 spiro atoms. The van der Waals surface area contributed by atoms with Crippen LogP contribution in [0.2, 0.25) is 0 Å². The van der Waals surface area contributed by atoms with Crippen molar-refractivity contribution in [2.24, 2.45) is 0 Å². The third-order valence-corrected chi connectivity index (χ3v) is 3.24. The molecular weight excluding hydrogens is 352 g/mol. The number of ether oxygens (including phenoxy) is 1. The number of rotatable bonds is 7. The van der Waals surface area contributed by atoms with E-state index in [0.717, 1.165) is 34.4 Å². The minimum Gasteiger partial charge on any atom is -0.489 e. The number of nitrogens with one attached hydrogen (secondary N) is 1. The summed E-state index contributed by atoms with van der Waals surface area (Å²) in [7, 11) is 0. The van der Waals surface area contributed by atoms with Crippen molar-refractivity contribution >= 4 is 28.3 Å². The van der Waals surface area contributed by atoms with Crippen LogP contribution in [0.25, 0.3) is 0 Å². The van der Waals surface area contributed by atoms with Gasteiger partial charge in [-0.2, -0.15) is 0 Å². The Balaban J connectivity index is 0.00000220. The van der Waals surface area contributed by atoms with Crippen LogP contribution in [0, 0.1) is 0 Å². The molecule has 0 aliphatic carbocycles. The highest BCUT2D eigenvalue weighted by Gasteiger charge is 2.05. The summed E-state index contributed by atoms with van der Waals surface area (Å²) in [5.74, 6) is 0.883. The van der Waals surface area contributed by atoms with Gasteiger partial charge in [0.2, 0.25) is 0 Å². The van der Waals surface area contributed by atoms with Gasteiger partial charge in [-0.05, 0) is 24.3 Å². The fraction of sp³-hybridized carbons (Fsp3) is 0.188. The summed E-state index contributed by atoms with van der Waals surface area (Å²) in [4.78, 5) is 4.08. The highest BCUT2D eigenvalue weighted by atomic mass is 79.9. The van der Waals surface area contributed by atoms with Crippen LogP contribution in [0.5, 0.6) is 5.75 Å². The number of nitrogens with zero attached hydrogens (tertiary/aromatic N) is 1. The van der Waals surface area contributed by atoms with Crippen molar-refractivity contribution in [3.05, 3.63) is 71.0 Å². The van der Waals surface area contributed by atoms with Crippen molar-refractivity contribution in [1.82, 2.24) is 10.3 Å². The normalized spacial score (nSPS) is 9.76. The summed E-state index contributed by atoms with van der Waals surface area (Å²) in [6.07, 6.45) is 5.41. The van der Waals surface area contributed by atoms with E-state index in [1.807, 2.05) is 36.5 Å². The van der Waals surface area contributed by atoms with E-state index in [1.165, 1.54) is 0 Å². The maximum atomic E-state index is 5.88. The molecule has 1 N–H and O–H groups in total. The highest BCUT2D eigenvalue weighted by molar-refractivity contribution is 9.10. The van der Waals surface area contributed by atoms with Crippen LogP contribution in [0.3, 0.4) is 0 Å². The average Bonchev–Trinajstić information content (AvgIpc) is 2.48. The summed E-state index contributed by atoms with van der Waals surface area (Å²) in [5, 5.41) is 3.29. The van der Waals surface area contributed by atoms with Crippen molar-refractivity contribution in [3.8, 4) is 5.75 Å². The molecule has 0 bridgehead atoms. The Kier molecular flexibility index (Phi) is 8.05. The lowest BCUT2D eigenvalue weighted by molar-refractivity contribution is 0.302. The van der Waals surface area contributed by atoms with E-state index < -0.39 is 0 Å². The van der Waals surface area contributed by atoms with Crippen molar-refractivity contribution in [3.63, 3.8) is 0 Å². The smallest absolute Gasteiger partial charge is 0.124 e. The summed E-state index contributed by atoms with van der Waals surface area (Å²) < 4.78 is 6.93. The largest absolute Gasteiger partial charge is 0.489 e. The molecule has 5 heteroatoms. The number of hydrogen-bond acceptors (Lipinski definition) is 3. The van der Waals surface area contributed by atoms with Crippen LogP contribution < -0.4 is 10.1 Å². The topological polar surface area (TPSA) is 34.1 Å². The number of benzene rings is 1. The first-order valence-electron chi connectivity index (χ1n) is 6.41. The van der Waals surface area contributed by atoms with Crippen LogP contribution in [0.15, 0.2) is 59.9 Å². The second-order valence-corrected chi connectivity index (χ2v) is 5.24. The third kappa shape index (κ3) is 5.87. The van der Waals surface area contributed by atoms with Crippen molar-refractivity contribution in [2.45, 2.75) is 13.2 Å². The van der Waals surface area contributed by atoms with Gasteiger partial charge in [-0.3, -0.25) is 4.98 Å². The van der Waals surface area contributed by atoms with Gasteiger partial charge in [0.15, 0.2) is 0 Å². The predicted octanol–water partition coefficient (Wildman–Crippen LogP) is 4.12. The lowest BCUT2D eigenvalue weighted by Gasteiger charge is -2.12. The van der Waals surface area contributed by atoms with E-state index in [-0.39, 0.29) is 12.4 Å². The van der Waals surface area contributed by atoms with Gasteiger partial charge in [0.1, 0.15) is 12.4 Å². The molecule has 21 heavy (non-hydrogen) atoms. The Labute approximate surface area is 140 Å². The zero-order valence-corrected chi connectivity index (χ0v) is 14.0. The van der Waals surface area contributed by atoms with Gasteiger partial charge in [-0.1, -0.05) is 28.1 Å². The quantitative estimate of drug-likeness (QED) is 0.589. The maximum Gasteiger partial charge on any atom is 0.124 e. The van der Waals surface area contributed by atoms with Gasteiger partial charge in [-0.15, -0.1) is 19.0 Å². The molecule has 0 aliphatic rings. The minimum atomic E-state index is 0. The molecular formula is C16H18BrClN2O. The molecule has 0 saturated carbocycles. The molecule has 0 aliphatic heterocycles. The Morgan fingerprint density at radius 1 is 1.33 bits per heavy atom. The molecule has 0 fully saturated rings. The van der Waals surface area contributed by atoms with Gasteiger partial charge < -0.3 is 10.1 Å². The number of aromatic nitrogens is 1. The second-order valence-electron chi connectivity index (χ2n) is 4.32. The summed E-state index contributed by atoms with van der Waals surface area (Å²) >= 11 is 3.49. The van der Waals surface area contributed by atoms with E-state index in [2.05, 4.69) is 38.9 Å². The molecule has 2 aromatic rings. The first-order chi connectivity index (χ1) is 9.79. The average molecular weight is 370 g/mol. The SMILES string of the molecule is C=CCNCc1cc(Br)ccc1OCc1cccnc1.Cl. The molecule has 112 valence electrons. The van der Waals surface area contributed by atoms with Gasteiger partial charge >= 0.3 is 0 Å². The standard InChI is InChI=1S/C16H17BrN2O.ClH/c1-2-7-18-11-14-9-15(17)5-6-16(14)20-12-13-4-3-8-19-10-13;/h2-6,8-10,18H,1,7,11-12H2;1H. The number of pyridine rings is 1. The third-order valence-electron chi connectivity index (χ3n) is 2.74. The number of halogens is 2. The molecule has 0 unspecified atom stereocenters. The molecule has 0 amide bonds. The van der Waals surface area contributed by atoms with Crippen molar-refractivity contribution in [2.75, 3.05) is 6.54 Å². The van der Waals surface area contributed by atoms with Crippen molar-refractivity contribution < 1.29 is 4.74 Å². The summed E-state index contributed by atoms with van der Waals surface area (Å²) in [6, 6.07) is 9.93. The Morgan fingerprint density at radius 2 is 2.19 bits per heavy atom. The van der Waals surface area contributed by atoms with Crippen LogP contribution >= 0.6 is 28.3 Å². The molecule has 0 saturated heterocycles. The summed E-state index contributed by atoms with van der Waals surface area (Å²) in [5.41, 5.74) is 2.17. The monoisotopic (exact) mass is 368 g/mol. The lowest BCUT2D eigenvalue weighted by atomic mass is 10.2. The molecule has 3 nitrogen and oxygen atoms in total. The van der Waals surface area contributed by atoms with E-state index in [4.69, 9.17) is 4.74 Å². The molecule has 1 heterocycles. The zero-order valence-electron chi connectivity index (χ0n) is 11.6. The number of hydrogen-bond donors (Lipinski definition) is 1. The molecule has 0 radical (unpaired) electrons. The van der Waals surface area contributed by atoms with Crippen LogP contribution in [-0.4, -0.2) is 11.5 Å². The summed E-state index contributed by atoms with van der Waals surface area (Å²) in [6.45, 7) is 5.73. The van der Waals surface area contributed by atoms with Crippen LogP contribution in [0.4, 0.5) is 0 Å². The first kappa shape index (κ1) is 17.7. The lowest BCUT2D eigenvalue weighted by Crippen LogP contribution is -2.13. The fourth-order valence-electron chi connectivity index (χ4n) is 1.78. The van der Waals surface area contributed by atoms with Gasteiger partial charge in [-0.25, -0.2) is 0 Å². The first-order valence-corrected chi connectivity index (χ1v) is 7.20. The Bertz CT molecular complexity index is 563. The molecule has 2 rings (SSSR count). The van der Waals surface area contributed by atoms with Gasteiger partial charge in [0, 0.05) is 41.1 Å². The van der Waals surface area contributed by atoms with Gasteiger partial charge in [0.05, 0.1) is 0 Å². The van der Waals surface area contributed by atoms with E-state index in [1.54, 1.807) is 6.20 Å². The Morgan fingerprint density at radius 3 is 2.90 bits per heavy atom. The zero-order chi connectivity index (χ0) is 14.2. The van der Waals surface area contributed by atoms with Crippen molar-refractivity contribution in [1.29, 1.82) is 0 Å². The highest BCUT2D eigenvalue weighted by Crippen LogP contribution is 2.24. The Hall–Kier alpha value is -1.36. The van der Waals surface area contributed by atoms with Gasteiger partial charge in [0.25, 0.3) is 0 Å². The minimum absolute atomic E-state index is 0. The van der Waals surface area contributed by atoms with E-state index >= 15 is 0 Å². The van der Waals surface area contributed by atoms with Crippen LogP contribution in [-0.2, 0) is 13.2 Å². The second kappa shape index (κ2) is 9.55. The van der Waals surface area contributed by atoms with E-state index in [0.29, 0.717) is 6.61 Å². The molecule has 0 atom stereocenters. The predicted molar refractivity (Wildman–Crippen MR) is 91.9 cm³/mol. The van der Waals surface area contributed by atoms with Crippen LogP contribution in [0.1, 0.15) is 11.1 Å². The maximum absolute atomic E-state index is 5.88. The molecule has 1 aromatic carbocycles. The fourth-order valence-corrected chi connectivity index (χ4v) is 2.19.